The Kier molecular flexibility index (Phi) is 6.28. The number of nitrogens with one attached hydrogen (secondary N) is 1. The fraction of sp³-hybridized carbons (Fsp3) is 0.700. The number of carbonyl (C=O) groups is 1. The van der Waals surface area contributed by atoms with Crippen molar-refractivity contribution >= 4 is 22.4 Å². The molecule has 3 unspecified atom stereocenters. The van der Waals surface area contributed by atoms with E-state index in [-0.39, 0.29) is 12.1 Å². The van der Waals surface area contributed by atoms with Crippen LogP contribution in [0.3, 0.4) is 0 Å². The first-order valence-corrected chi connectivity index (χ1v) is 10.9. The Bertz CT molecular complexity index is 721. The molecule has 3 atom stereocenters. The summed E-state index contributed by atoms with van der Waals surface area (Å²) in [6.45, 7) is 9.63. The third-order valence-electron chi connectivity index (χ3n) is 6.03. The highest BCUT2D eigenvalue weighted by atomic mass is 32.1. The summed E-state index contributed by atoms with van der Waals surface area (Å²) >= 11 is 1.59. The molecule has 1 fully saturated rings. The molecule has 148 valence electrons. The number of hydrogen-bond acceptors (Lipinski definition) is 5. The molecule has 0 radical (unpaired) electrons. The maximum atomic E-state index is 12.5. The minimum Gasteiger partial charge on any atom is -0.389 e. The molecule has 6 nitrogen and oxygen atoms in total. The van der Waals surface area contributed by atoms with Crippen LogP contribution in [0.15, 0.2) is 0 Å². The number of urea groups is 1. The predicted octanol–water partition coefficient (Wildman–Crippen LogP) is 2.82. The standard InChI is InChI=1S/C20H31N5OS/c1-4-7-25-12-14(23-20(26)24(5-2)6-3)8-13-9-15-16(11-21)19(22)27-18(15)10-17(13)25/h13-14,17H,4-10,12,22H2,1-3H3,(H,23,26). The second-order valence-electron chi connectivity index (χ2n) is 7.64. The summed E-state index contributed by atoms with van der Waals surface area (Å²) in [7, 11) is 0. The normalized spacial score (nSPS) is 24.6. The van der Waals surface area contributed by atoms with Crippen LogP contribution in [0.2, 0.25) is 0 Å². The van der Waals surface area contributed by atoms with Crippen molar-refractivity contribution in [3.8, 4) is 6.07 Å². The Morgan fingerprint density at radius 2 is 2.11 bits per heavy atom. The van der Waals surface area contributed by atoms with E-state index in [1.54, 1.807) is 11.3 Å². The van der Waals surface area contributed by atoms with Crippen LogP contribution in [0.25, 0.3) is 0 Å². The number of hydrogen-bond donors (Lipinski definition) is 2. The summed E-state index contributed by atoms with van der Waals surface area (Å²) in [5.41, 5.74) is 7.94. The number of anilines is 1. The maximum Gasteiger partial charge on any atom is 0.317 e. The number of nitriles is 1. The van der Waals surface area contributed by atoms with Crippen molar-refractivity contribution in [1.29, 1.82) is 5.26 Å². The van der Waals surface area contributed by atoms with E-state index >= 15 is 0 Å². The lowest BCUT2D eigenvalue weighted by molar-refractivity contribution is 0.0643. The van der Waals surface area contributed by atoms with Crippen molar-refractivity contribution in [2.75, 3.05) is 31.9 Å². The highest BCUT2D eigenvalue weighted by molar-refractivity contribution is 7.16. The molecule has 1 aromatic rings. The summed E-state index contributed by atoms with van der Waals surface area (Å²) in [4.78, 5) is 18.2. The Hall–Kier alpha value is -1.78. The number of thiophene rings is 1. The van der Waals surface area contributed by atoms with Gasteiger partial charge < -0.3 is 16.0 Å². The quantitative estimate of drug-likeness (QED) is 0.811. The Balaban J connectivity index is 1.79. The summed E-state index contributed by atoms with van der Waals surface area (Å²) in [6, 6.07) is 2.99. The maximum absolute atomic E-state index is 12.5. The van der Waals surface area contributed by atoms with E-state index in [4.69, 9.17) is 5.73 Å². The number of nitrogens with zero attached hydrogens (tertiary/aromatic N) is 3. The molecule has 1 aromatic heterocycles. The number of carbonyl (C=O) groups excluding carboxylic acids is 1. The number of likely N-dealkylation sites (tertiary alicyclic amines) is 1. The average Bonchev–Trinajstić information content (AvgIpc) is 2.95. The fourth-order valence-electron chi connectivity index (χ4n) is 4.74. The molecule has 7 heteroatoms. The number of nitrogens with two attached hydrogens (primary N) is 1. The average molecular weight is 390 g/mol. The predicted molar refractivity (Wildman–Crippen MR) is 110 cm³/mol. The highest BCUT2D eigenvalue weighted by Crippen LogP contribution is 2.42. The van der Waals surface area contributed by atoms with Crippen molar-refractivity contribution in [2.45, 2.75) is 58.5 Å². The molecule has 1 aliphatic carbocycles. The molecular weight excluding hydrogens is 358 g/mol. The van der Waals surface area contributed by atoms with Gasteiger partial charge in [-0.25, -0.2) is 4.79 Å². The van der Waals surface area contributed by atoms with Crippen LogP contribution in [0.1, 0.15) is 49.6 Å². The molecule has 1 saturated heterocycles. The molecule has 3 N–H and O–H groups in total. The Morgan fingerprint density at radius 1 is 1.37 bits per heavy atom. The summed E-state index contributed by atoms with van der Waals surface area (Å²) in [5, 5.41) is 13.4. The number of amides is 2. The van der Waals surface area contributed by atoms with Crippen molar-refractivity contribution < 1.29 is 4.79 Å². The van der Waals surface area contributed by atoms with Gasteiger partial charge in [-0.2, -0.15) is 5.26 Å². The first kappa shape index (κ1) is 20.0. The third-order valence-corrected chi connectivity index (χ3v) is 7.12. The van der Waals surface area contributed by atoms with E-state index in [2.05, 4.69) is 23.2 Å². The van der Waals surface area contributed by atoms with Crippen LogP contribution in [-0.4, -0.2) is 54.1 Å². The van der Waals surface area contributed by atoms with E-state index in [1.165, 1.54) is 4.88 Å². The zero-order chi connectivity index (χ0) is 19.6. The highest BCUT2D eigenvalue weighted by Gasteiger charge is 2.41. The SMILES string of the molecule is CCCN1CC(NC(=O)N(CC)CC)CC2Cc3c(sc(N)c3C#N)CC21. The van der Waals surface area contributed by atoms with Crippen molar-refractivity contribution in [3.05, 3.63) is 16.0 Å². The number of nitrogen functional groups attached to an aromatic ring is 1. The lowest BCUT2D eigenvalue weighted by Crippen LogP contribution is -2.59. The monoisotopic (exact) mass is 389 g/mol. The fourth-order valence-corrected chi connectivity index (χ4v) is 5.84. The van der Waals surface area contributed by atoms with Crippen LogP contribution >= 0.6 is 11.3 Å². The van der Waals surface area contributed by atoms with Gasteiger partial charge in [0.2, 0.25) is 0 Å². The van der Waals surface area contributed by atoms with Crippen LogP contribution in [0.4, 0.5) is 9.80 Å². The second-order valence-corrected chi connectivity index (χ2v) is 8.78. The van der Waals surface area contributed by atoms with Gasteiger partial charge in [-0.05, 0) is 57.6 Å². The molecule has 2 heterocycles. The lowest BCUT2D eigenvalue weighted by Gasteiger charge is -2.47. The zero-order valence-electron chi connectivity index (χ0n) is 16.6. The molecule has 0 saturated carbocycles. The lowest BCUT2D eigenvalue weighted by atomic mass is 9.75. The molecule has 3 rings (SSSR count). The molecule has 1 aliphatic heterocycles. The van der Waals surface area contributed by atoms with Gasteiger partial charge >= 0.3 is 6.03 Å². The van der Waals surface area contributed by atoms with Crippen LogP contribution in [-0.2, 0) is 12.8 Å². The minimum atomic E-state index is 0.0360. The van der Waals surface area contributed by atoms with Gasteiger partial charge in [-0.1, -0.05) is 6.92 Å². The Labute approximate surface area is 166 Å². The molecular formula is C20H31N5OS. The molecule has 0 aromatic carbocycles. The molecule has 27 heavy (non-hydrogen) atoms. The van der Waals surface area contributed by atoms with Gasteiger partial charge in [-0.3, -0.25) is 4.90 Å². The van der Waals surface area contributed by atoms with Gasteiger partial charge in [-0.15, -0.1) is 11.3 Å². The van der Waals surface area contributed by atoms with E-state index in [0.717, 1.165) is 57.4 Å². The molecule has 2 aliphatic rings. The number of piperidine rings is 1. The first-order valence-electron chi connectivity index (χ1n) is 10.1. The van der Waals surface area contributed by atoms with E-state index < -0.39 is 0 Å². The zero-order valence-corrected chi connectivity index (χ0v) is 17.4. The van der Waals surface area contributed by atoms with Crippen LogP contribution in [0, 0.1) is 17.2 Å². The molecule has 2 amide bonds. The smallest absolute Gasteiger partial charge is 0.317 e. The van der Waals surface area contributed by atoms with Crippen molar-refractivity contribution in [3.63, 3.8) is 0 Å². The van der Waals surface area contributed by atoms with E-state index in [0.29, 0.717) is 22.5 Å². The summed E-state index contributed by atoms with van der Waals surface area (Å²) < 4.78 is 0. The summed E-state index contributed by atoms with van der Waals surface area (Å²) in [5.74, 6) is 0.459. The van der Waals surface area contributed by atoms with Crippen molar-refractivity contribution in [2.24, 2.45) is 5.92 Å². The van der Waals surface area contributed by atoms with Gasteiger partial charge in [0.25, 0.3) is 0 Å². The van der Waals surface area contributed by atoms with E-state index in [9.17, 15) is 10.1 Å². The van der Waals surface area contributed by atoms with Crippen LogP contribution < -0.4 is 11.1 Å². The van der Waals surface area contributed by atoms with E-state index in [1.807, 2.05) is 18.7 Å². The summed E-state index contributed by atoms with van der Waals surface area (Å²) in [6.07, 6.45) is 3.95. The largest absolute Gasteiger partial charge is 0.389 e. The van der Waals surface area contributed by atoms with Crippen LogP contribution in [0.5, 0.6) is 0 Å². The topological polar surface area (TPSA) is 85.4 Å². The third kappa shape index (κ3) is 3.92. The van der Waals surface area contributed by atoms with Gasteiger partial charge in [0.1, 0.15) is 11.1 Å². The molecule has 0 bridgehead atoms. The number of rotatable bonds is 5. The Morgan fingerprint density at radius 3 is 2.74 bits per heavy atom. The first-order chi connectivity index (χ1) is 13.0. The van der Waals surface area contributed by atoms with Gasteiger partial charge in [0.05, 0.1) is 5.56 Å². The van der Waals surface area contributed by atoms with Gasteiger partial charge in [0.15, 0.2) is 0 Å². The number of fused-ring (bicyclic) bond motifs is 2. The minimum absolute atomic E-state index is 0.0360. The molecule has 0 spiro atoms. The van der Waals surface area contributed by atoms with Gasteiger partial charge in [0, 0.05) is 36.6 Å². The second kappa shape index (κ2) is 8.49. The van der Waals surface area contributed by atoms with Crippen molar-refractivity contribution in [1.82, 2.24) is 15.1 Å².